The number of aliphatic hydroxyl groups excluding tert-OH is 1. The maximum atomic E-state index is 11.8. The predicted octanol–water partition coefficient (Wildman–Crippen LogP) is -0.0486. The van der Waals surface area contributed by atoms with Crippen LogP contribution in [0.15, 0.2) is 30.3 Å². The molecule has 0 fully saturated rings. The van der Waals surface area contributed by atoms with Crippen molar-refractivity contribution in [3.63, 3.8) is 0 Å². The van der Waals surface area contributed by atoms with E-state index in [0.717, 1.165) is 12.7 Å². The van der Waals surface area contributed by atoms with E-state index in [2.05, 4.69) is 15.4 Å². The summed E-state index contributed by atoms with van der Waals surface area (Å²) in [6.07, 6.45) is -0.768. The smallest absolute Gasteiger partial charge is 0.408 e. The first-order chi connectivity index (χ1) is 11.0. The third kappa shape index (κ3) is 6.35. The van der Waals surface area contributed by atoms with Crippen molar-refractivity contribution in [3.05, 3.63) is 35.9 Å². The van der Waals surface area contributed by atoms with Gasteiger partial charge in [-0.25, -0.2) is 9.59 Å². The number of esters is 1. The highest BCUT2D eigenvalue weighted by Crippen LogP contribution is 2.00. The summed E-state index contributed by atoms with van der Waals surface area (Å²) in [4.78, 5) is 34.7. The van der Waals surface area contributed by atoms with Crippen molar-refractivity contribution < 1.29 is 29.0 Å². The second-order valence-electron chi connectivity index (χ2n) is 4.69. The average molecular weight is 324 g/mol. The van der Waals surface area contributed by atoms with E-state index in [1.54, 1.807) is 12.1 Å². The summed E-state index contributed by atoms with van der Waals surface area (Å²) >= 11 is 0. The van der Waals surface area contributed by atoms with Crippen LogP contribution < -0.4 is 10.6 Å². The molecule has 0 unspecified atom stereocenters. The maximum Gasteiger partial charge on any atom is 0.408 e. The normalized spacial score (nSPS) is 12.7. The van der Waals surface area contributed by atoms with Crippen molar-refractivity contribution in [2.45, 2.75) is 25.6 Å². The number of methoxy groups -OCH3 is 1. The molecule has 3 N–H and O–H groups in total. The number of hydrogen-bond acceptors (Lipinski definition) is 6. The van der Waals surface area contributed by atoms with Gasteiger partial charge < -0.3 is 25.2 Å². The molecule has 0 saturated carbocycles. The number of benzene rings is 1. The minimum Gasteiger partial charge on any atom is -0.467 e. The molecule has 0 radical (unpaired) electrons. The van der Waals surface area contributed by atoms with Gasteiger partial charge in [0.25, 0.3) is 0 Å². The Bertz CT molecular complexity index is 534. The summed E-state index contributed by atoms with van der Waals surface area (Å²) in [6.45, 7) is 0.886. The van der Waals surface area contributed by atoms with E-state index in [-0.39, 0.29) is 6.61 Å². The Hall–Kier alpha value is -2.61. The van der Waals surface area contributed by atoms with Crippen LogP contribution in [0.3, 0.4) is 0 Å². The van der Waals surface area contributed by atoms with Crippen molar-refractivity contribution in [2.24, 2.45) is 0 Å². The van der Waals surface area contributed by atoms with Gasteiger partial charge in [0, 0.05) is 0 Å². The lowest BCUT2D eigenvalue weighted by Crippen LogP contribution is -2.51. The van der Waals surface area contributed by atoms with Crippen LogP contribution in [0.5, 0.6) is 0 Å². The summed E-state index contributed by atoms with van der Waals surface area (Å²) in [5.41, 5.74) is 0.811. The SMILES string of the molecule is COC(=O)[C@H](CO)NC(=O)[C@H](C)NC(=O)OCc1ccccc1. The van der Waals surface area contributed by atoms with Crippen molar-refractivity contribution in [1.82, 2.24) is 10.6 Å². The minimum absolute atomic E-state index is 0.0719. The monoisotopic (exact) mass is 324 g/mol. The fourth-order valence-corrected chi connectivity index (χ4v) is 1.63. The molecule has 0 aliphatic rings. The second kappa shape index (κ2) is 9.42. The number of ether oxygens (including phenoxy) is 2. The molecule has 1 rings (SSSR count). The lowest BCUT2D eigenvalue weighted by atomic mass is 10.2. The zero-order valence-corrected chi connectivity index (χ0v) is 12.9. The minimum atomic E-state index is -1.18. The van der Waals surface area contributed by atoms with Crippen LogP contribution in [0.25, 0.3) is 0 Å². The molecule has 126 valence electrons. The van der Waals surface area contributed by atoms with E-state index in [9.17, 15) is 14.4 Å². The van der Waals surface area contributed by atoms with Gasteiger partial charge in [-0.15, -0.1) is 0 Å². The van der Waals surface area contributed by atoms with Crippen molar-refractivity contribution in [3.8, 4) is 0 Å². The van der Waals surface area contributed by atoms with Crippen LogP contribution in [-0.2, 0) is 25.7 Å². The molecule has 0 aliphatic heterocycles. The van der Waals surface area contributed by atoms with Crippen LogP contribution in [0.1, 0.15) is 12.5 Å². The number of amides is 2. The molecule has 0 saturated heterocycles. The third-order valence-electron chi connectivity index (χ3n) is 2.93. The molecule has 8 heteroatoms. The van der Waals surface area contributed by atoms with E-state index >= 15 is 0 Å². The molecule has 0 bridgehead atoms. The molecule has 0 spiro atoms. The number of rotatable bonds is 7. The van der Waals surface area contributed by atoms with Crippen molar-refractivity contribution >= 4 is 18.0 Å². The highest BCUT2D eigenvalue weighted by Gasteiger charge is 2.24. The molecule has 8 nitrogen and oxygen atoms in total. The van der Waals surface area contributed by atoms with Crippen LogP contribution in [0.2, 0.25) is 0 Å². The van der Waals surface area contributed by atoms with Gasteiger partial charge in [-0.1, -0.05) is 30.3 Å². The van der Waals surface area contributed by atoms with Gasteiger partial charge in [0.15, 0.2) is 6.04 Å². The molecule has 1 aromatic carbocycles. The maximum absolute atomic E-state index is 11.8. The highest BCUT2D eigenvalue weighted by atomic mass is 16.5. The zero-order valence-electron chi connectivity index (χ0n) is 12.9. The summed E-state index contributed by atoms with van der Waals surface area (Å²) in [5, 5.41) is 13.6. The summed E-state index contributed by atoms with van der Waals surface area (Å²) in [6, 6.07) is 6.93. The molecule has 2 amide bonds. The first-order valence-corrected chi connectivity index (χ1v) is 6.94. The zero-order chi connectivity index (χ0) is 17.2. The highest BCUT2D eigenvalue weighted by molar-refractivity contribution is 5.89. The van der Waals surface area contributed by atoms with E-state index < -0.39 is 36.7 Å². The van der Waals surface area contributed by atoms with Gasteiger partial charge in [-0.05, 0) is 12.5 Å². The molecular formula is C15H20N2O6. The van der Waals surface area contributed by atoms with Crippen molar-refractivity contribution in [2.75, 3.05) is 13.7 Å². The van der Waals surface area contributed by atoms with Crippen LogP contribution in [0, 0.1) is 0 Å². The number of hydrogen-bond donors (Lipinski definition) is 3. The molecule has 23 heavy (non-hydrogen) atoms. The Morgan fingerprint density at radius 1 is 1.17 bits per heavy atom. The Balaban J connectivity index is 2.41. The fraction of sp³-hybridized carbons (Fsp3) is 0.400. The van der Waals surface area contributed by atoms with E-state index in [0.29, 0.717) is 0 Å². The quantitative estimate of drug-likeness (QED) is 0.606. The number of aliphatic hydroxyl groups is 1. The van der Waals surface area contributed by atoms with E-state index in [1.165, 1.54) is 6.92 Å². The van der Waals surface area contributed by atoms with Gasteiger partial charge in [0.05, 0.1) is 13.7 Å². The van der Waals surface area contributed by atoms with Gasteiger partial charge in [0.2, 0.25) is 5.91 Å². The first kappa shape index (κ1) is 18.4. The lowest BCUT2D eigenvalue weighted by molar-refractivity contribution is -0.146. The van der Waals surface area contributed by atoms with Gasteiger partial charge in [0.1, 0.15) is 12.6 Å². The second-order valence-corrected chi connectivity index (χ2v) is 4.69. The molecular weight excluding hydrogens is 304 g/mol. The topological polar surface area (TPSA) is 114 Å². The van der Waals surface area contributed by atoms with E-state index in [4.69, 9.17) is 9.84 Å². The average Bonchev–Trinajstić information content (AvgIpc) is 2.57. The summed E-state index contributed by atoms with van der Waals surface area (Å²) in [5.74, 6) is -1.43. The molecule has 0 heterocycles. The number of carbonyl (C=O) groups excluding carboxylic acids is 3. The van der Waals surface area contributed by atoms with E-state index in [1.807, 2.05) is 18.2 Å². The number of carbonyl (C=O) groups is 3. The lowest BCUT2D eigenvalue weighted by Gasteiger charge is -2.18. The summed E-state index contributed by atoms with van der Waals surface area (Å²) in [7, 11) is 1.14. The van der Waals surface area contributed by atoms with Gasteiger partial charge >= 0.3 is 12.1 Å². The van der Waals surface area contributed by atoms with Crippen LogP contribution >= 0.6 is 0 Å². The number of nitrogens with one attached hydrogen (secondary N) is 2. The first-order valence-electron chi connectivity index (χ1n) is 6.94. The molecule has 0 aliphatic carbocycles. The molecule has 2 atom stereocenters. The third-order valence-corrected chi connectivity index (χ3v) is 2.93. The van der Waals surface area contributed by atoms with Crippen LogP contribution in [-0.4, -0.2) is 48.9 Å². The van der Waals surface area contributed by atoms with Crippen LogP contribution in [0.4, 0.5) is 4.79 Å². The van der Waals surface area contributed by atoms with Gasteiger partial charge in [-0.3, -0.25) is 4.79 Å². The fourth-order valence-electron chi connectivity index (χ4n) is 1.63. The Kier molecular flexibility index (Phi) is 7.55. The molecule has 1 aromatic rings. The Morgan fingerprint density at radius 3 is 2.39 bits per heavy atom. The Morgan fingerprint density at radius 2 is 1.83 bits per heavy atom. The number of alkyl carbamates (subject to hydrolysis) is 1. The largest absolute Gasteiger partial charge is 0.467 e. The standard InChI is InChI=1S/C15H20N2O6/c1-10(13(19)17-12(8-18)14(20)22-2)16-15(21)23-9-11-6-4-3-5-7-11/h3-7,10,12,18H,8-9H2,1-2H3,(H,16,21)(H,17,19)/t10-,12-/m0/s1. The molecule has 0 aromatic heterocycles. The summed E-state index contributed by atoms with van der Waals surface area (Å²) < 4.78 is 9.40. The predicted molar refractivity (Wildman–Crippen MR) is 80.3 cm³/mol. The van der Waals surface area contributed by atoms with Crippen molar-refractivity contribution in [1.29, 1.82) is 0 Å². The van der Waals surface area contributed by atoms with Gasteiger partial charge in [-0.2, -0.15) is 0 Å². The Labute approximate surface area is 133 Å².